The van der Waals surface area contributed by atoms with Crippen LogP contribution in [0.4, 0.5) is 4.39 Å². The van der Waals surface area contributed by atoms with Crippen LogP contribution in [-0.4, -0.2) is 20.9 Å². The van der Waals surface area contributed by atoms with E-state index in [2.05, 4.69) is 15.0 Å². The maximum absolute atomic E-state index is 14.9. The Labute approximate surface area is 138 Å². The number of hydrogen-bond acceptors (Lipinski definition) is 3. The first-order chi connectivity index (χ1) is 11.5. The SMILES string of the molecule is Cc1cccc(C(c2cnc[nH]2)c2ccnc(C(N)=O)c2F)c1C. The molecule has 1 amide bonds. The van der Waals surface area contributed by atoms with Crippen molar-refractivity contribution in [3.63, 3.8) is 0 Å². The summed E-state index contributed by atoms with van der Waals surface area (Å²) in [4.78, 5) is 22.3. The molecule has 6 heteroatoms. The minimum atomic E-state index is -0.890. The molecule has 122 valence electrons. The highest BCUT2D eigenvalue weighted by atomic mass is 19.1. The van der Waals surface area contributed by atoms with Crippen LogP contribution in [0.15, 0.2) is 43.0 Å². The van der Waals surface area contributed by atoms with Crippen molar-refractivity contribution >= 4 is 5.91 Å². The summed E-state index contributed by atoms with van der Waals surface area (Å²) in [6, 6.07) is 7.43. The summed E-state index contributed by atoms with van der Waals surface area (Å²) in [6.07, 6.45) is 4.59. The second-order valence-electron chi connectivity index (χ2n) is 5.66. The predicted octanol–water partition coefficient (Wildman–Crippen LogP) is 2.84. The average molecular weight is 324 g/mol. The molecule has 0 fully saturated rings. The van der Waals surface area contributed by atoms with Gasteiger partial charge in [-0.1, -0.05) is 18.2 Å². The molecule has 1 aromatic carbocycles. The average Bonchev–Trinajstić information content (AvgIpc) is 3.07. The number of nitrogens with one attached hydrogen (secondary N) is 1. The fourth-order valence-electron chi connectivity index (χ4n) is 2.87. The number of aryl methyl sites for hydroxylation is 1. The molecule has 2 heterocycles. The van der Waals surface area contributed by atoms with Crippen LogP contribution < -0.4 is 5.73 Å². The van der Waals surface area contributed by atoms with Crippen LogP contribution in [0.2, 0.25) is 0 Å². The number of benzene rings is 1. The van der Waals surface area contributed by atoms with Gasteiger partial charge < -0.3 is 10.7 Å². The Balaban J connectivity index is 2.27. The number of aromatic amines is 1. The van der Waals surface area contributed by atoms with Gasteiger partial charge in [0.15, 0.2) is 11.5 Å². The third-order valence-corrected chi connectivity index (χ3v) is 4.25. The van der Waals surface area contributed by atoms with E-state index in [0.717, 1.165) is 22.4 Å². The van der Waals surface area contributed by atoms with Gasteiger partial charge in [0.25, 0.3) is 5.91 Å². The molecule has 0 radical (unpaired) electrons. The van der Waals surface area contributed by atoms with Gasteiger partial charge in [0.1, 0.15) is 0 Å². The summed E-state index contributed by atoms with van der Waals surface area (Å²) in [5.74, 6) is -2.03. The van der Waals surface area contributed by atoms with E-state index < -0.39 is 17.6 Å². The topological polar surface area (TPSA) is 84.7 Å². The normalized spacial score (nSPS) is 12.1. The standard InChI is InChI=1S/C18H17FN4O/c1-10-4-3-5-12(11(10)2)15(14-8-21-9-23-14)13-6-7-22-17(16(13)19)18(20)24/h3-9,15H,1-2H3,(H2,20,24)(H,21,23). The molecule has 2 aromatic heterocycles. The number of primary amides is 1. The summed E-state index contributed by atoms with van der Waals surface area (Å²) in [6.45, 7) is 3.99. The number of carbonyl (C=O) groups excluding carboxylic acids is 1. The Morgan fingerprint density at radius 2 is 2.04 bits per heavy atom. The molecule has 0 aliphatic heterocycles. The molecule has 0 aliphatic carbocycles. The van der Waals surface area contributed by atoms with E-state index in [1.54, 1.807) is 18.6 Å². The molecule has 1 unspecified atom stereocenters. The minimum Gasteiger partial charge on any atom is -0.364 e. The van der Waals surface area contributed by atoms with Crippen LogP contribution >= 0.6 is 0 Å². The van der Waals surface area contributed by atoms with Gasteiger partial charge in [-0.2, -0.15) is 0 Å². The summed E-state index contributed by atoms with van der Waals surface area (Å²) in [7, 11) is 0. The number of hydrogen-bond donors (Lipinski definition) is 2. The van der Waals surface area contributed by atoms with Crippen molar-refractivity contribution in [3.05, 3.63) is 82.4 Å². The molecule has 24 heavy (non-hydrogen) atoms. The lowest BCUT2D eigenvalue weighted by atomic mass is 9.85. The van der Waals surface area contributed by atoms with Crippen molar-refractivity contribution in [1.82, 2.24) is 15.0 Å². The number of nitrogens with two attached hydrogens (primary N) is 1. The number of rotatable bonds is 4. The van der Waals surface area contributed by atoms with Crippen LogP contribution in [0, 0.1) is 19.7 Å². The maximum Gasteiger partial charge on any atom is 0.270 e. The number of halogens is 1. The zero-order valence-electron chi connectivity index (χ0n) is 13.4. The van der Waals surface area contributed by atoms with Gasteiger partial charge in [-0.05, 0) is 36.6 Å². The quantitative estimate of drug-likeness (QED) is 0.774. The van der Waals surface area contributed by atoms with Crippen LogP contribution in [0.1, 0.15) is 44.4 Å². The monoisotopic (exact) mass is 324 g/mol. The van der Waals surface area contributed by atoms with E-state index in [1.165, 1.54) is 6.20 Å². The van der Waals surface area contributed by atoms with Crippen molar-refractivity contribution in [2.24, 2.45) is 5.73 Å². The number of H-pyrrole nitrogens is 1. The molecule has 5 nitrogen and oxygen atoms in total. The molecule has 1 atom stereocenters. The van der Waals surface area contributed by atoms with Crippen LogP contribution in [0.3, 0.4) is 0 Å². The third kappa shape index (κ3) is 2.67. The van der Waals surface area contributed by atoms with Crippen molar-refractivity contribution in [1.29, 1.82) is 0 Å². The zero-order chi connectivity index (χ0) is 17.3. The zero-order valence-corrected chi connectivity index (χ0v) is 13.4. The molecular weight excluding hydrogens is 307 g/mol. The Morgan fingerprint density at radius 1 is 1.25 bits per heavy atom. The first kappa shape index (κ1) is 15.9. The highest BCUT2D eigenvalue weighted by Gasteiger charge is 2.26. The lowest BCUT2D eigenvalue weighted by Crippen LogP contribution is -2.18. The molecule has 0 saturated carbocycles. The number of nitrogens with zero attached hydrogens (tertiary/aromatic N) is 2. The van der Waals surface area contributed by atoms with Crippen LogP contribution in [-0.2, 0) is 0 Å². The van der Waals surface area contributed by atoms with Crippen molar-refractivity contribution in [3.8, 4) is 0 Å². The van der Waals surface area contributed by atoms with Gasteiger partial charge in [0.2, 0.25) is 0 Å². The van der Waals surface area contributed by atoms with Gasteiger partial charge in [-0.25, -0.2) is 14.4 Å². The van der Waals surface area contributed by atoms with Crippen molar-refractivity contribution in [2.45, 2.75) is 19.8 Å². The van der Waals surface area contributed by atoms with E-state index in [1.807, 2.05) is 32.0 Å². The molecular formula is C18H17FN4O. The van der Waals surface area contributed by atoms with Gasteiger partial charge in [-0.15, -0.1) is 0 Å². The molecule has 3 rings (SSSR count). The molecule has 3 aromatic rings. The number of pyridine rings is 1. The fraction of sp³-hybridized carbons (Fsp3) is 0.167. The summed E-state index contributed by atoms with van der Waals surface area (Å²) < 4.78 is 14.9. The number of carbonyl (C=O) groups is 1. The molecule has 0 aliphatic rings. The number of aromatic nitrogens is 3. The Kier molecular flexibility index (Phi) is 4.12. The minimum absolute atomic E-state index is 0.330. The number of amides is 1. The lowest BCUT2D eigenvalue weighted by molar-refractivity contribution is 0.0991. The first-order valence-electron chi connectivity index (χ1n) is 7.49. The summed E-state index contributed by atoms with van der Waals surface area (Å²) >= 11 is 0. The highest BCUT2D eigenvalue weighted by Crippen LogP contribution is 2.35. The van der Waals surface area contributed by atoms with E-state index >= 15 is 0 Å². The van der Waals surface area contributed by atoms with Gasteiger partial charge >= 0.3 is 0 Å². The maximum atomic E-state index is 14.9. The lowest BCUT2D eigenvalue weighted by Gasteiger charge is -2.21. The third-order valence-electron chi connectivity index (χ3n) is 4.25. The van der Waals surface area contributed by atoms with E-state index in [-0.39, 0.29) is 5.69 Å². The molecule has 0 bridgehead atoms. The van der Waals surface area contributed by atoms with Crippen molar-refractivity contribution < 1.29 is 9.18 Å². The van der Waals surface area contributed by atoms with Gasteiger partial charge in [0, 0.05) is 23.7 Å². The predicted molar refractivity (Wildman–Crippen MR) is 88.2 cm³/mol. The fourth-order valence-corrected chi connectivity index (χ4v) is 2.87. The highest BCUT2D eigenvalue weighted by molar-refractivity contribution is 5.91. The van der Waals surface area contributed by atoms with E-state index in [0.29, 0.717) is 5.56 Å². The second-order valence-corrected chi connectivity index (χ2v) is 5.66. The Morgan fingerprint density at radius 3 is 2.71 bits per heavy atom. The van der Waals surface area contributed by atoms with Crippen LogP contribution in [0.25, 0.3) is 0 Å². The summed E-state index contributed by atoms with van der Waals surface area (Å²) in [5, 5.41) is 0. The largest absolute Gasteiger partial charge is 0.364 e. The summed E-state index contributed by atoms with van der Waals surface area (Å²) in [5.41, 5.74) is 9.01. The Hall–Kier alpha value is -3.02. The first-order valence-corrected chi connectivity index (χ1v) is 7.49. The second kappa shape index (κ2) is 6.23. The Bertz CT molecular complexity index is 890. The van der Waals surface area contributed by atoms with E-state index in [4.69, 9.17) is 5.73 Å². The smallest absolute Gasteiger partial charge is 0.270 e. The van der Waals surface area contributed by atoms with Gasteiger partial charge in [0.05, 0.1) is 12.2 Å². The van der Waals surface area contributed by atoms with Gasteiger partial charge in [-0.3, -0.25) is 4.79 Å². The molecule has 0 saturated heterocycles. The van der Waals surface area contributed by atoms with E-state index in [9.17, 15) is 9.18 Å². The van der Waals surface area contributed by atoms with Crippen molar-refractivity contribution in [2.75, 3.05) is 0 Å². The number of imidazole rings is 1. The molecule has 0 spiro atoms. The molecule has 3 N–H and O–H groups in total. The van der Waals surface area contributed by atoms with Crippen LogP contribution in [0.5, 0.6) is 0 Å².